The molecule has 2 rings (SSSR count). The number of hydrogen-bond acceptors (Lipinski definition) is 4. The van der Waals surface area contributed by atoms with Crippen LogP contribution in [0.5, 0.6) is 0 Å². The highest BCUT2D eigenvalue weighted by Crippen LogP contribution is 2.11. The zero-order valence-electron chi connectivity index (χ0n) is 13.7. The Balaban J connectivity index is 1.96. The number of likely N-dealkylation sites (N-methyl/N-ethyl adjacent to an activating group) is 1. The van der Waals surface area contributed by atoms with Gasteiger partial charge in [-0.05, 0) is 5.56 Å². The van der Waals surface area contributed by atoms with Crippen LogP contribution in [0.3, 0.4) is 0 Å². The molecule has 2 atom stereocenters. The van der Waals surface area contributed by atoms with Crippen molar-refractivity contribution in [3.05, 3.63) is 35.9 Å². The van der Waals surface area contributed by atoms with Gasteiger partial charge in [-0.3, -0.25) is 9.59 Å². The van der Waals surface area contributed by atoms with Gasteiger partial charge in [0.05, 0.1) is 0 Å². The average Bonchev–Trinajstić information content (AvgIpc) is 2.55. The summed E-state index contributed by atoms with van der Waals surface area (Å²) in [6, 6.07) is 9.45. The Morgan fingerprint density at radius 3 is 2.70 bits per heavy atom. The van der Waals surface area contributed by atoms with E-state index in [0.29, 0.717) is 12.8 Å². The first-order valence-electron chi connectivity index (χ1n) is 7.92. The molecule has 0 bridgehead atoms. The third-order valence-electron chi connectivity index (χ3n) is 3.79. The second kappa shape index (κ2) is 8.93. The first-order valence-corrected chi connectivity index (χ1v) is 9.07. The van der Waals surface area contributed by atoms with Crippen molar-refractivity contribution in [3.63, 3.8) is 0 Å². The van der Waals surface area contributed by atoms with Crippen LogP contribution in [0.15, 0.2) is 30.3 Å². The van der Waals surface area contributed by atoms with Crippen molar-refractivity contribution < 1.29 is 9.59 Å². The van der Waals surface area contributed by atoms with E-state index in [4.69, 9.17) is 0 Å². The Labute approximate surface area is 142 Å². The molecule has 2 N–H and O–H groups in total. The number of carbonyl (C=O) groups is 2. The Bertz CT molecular complexity index is 516. The molecule has 0 spiro atoms. The van der Waals surface area contributed by atoms with Gasteiger partial charge < -0.3 is 15.5 Å². The summed E-state index contributed by atoms with van der Waals surface area (Å²) in [5.41, 5.74) is 1.04. The molecule has 5 nitrogen and oxygen atoms in total. The third-order valence-corrected chi connectivity index (χ3v) is 4.92. The lowest BCUT2D eigenvalue weighted by atomic mass is 10.0. The zero-order valence-corrected chi connectivity index (χ0v) is 14.6. The summed E-state index contributed by atoms with van der Waals surface area (Å²) in [6.45, 7) is 0.937. The molecule has 1 fully saturated rings. The van der Waals surface area contributed by atoms with Crippen LogP contribution in [0.4, 0.5) is 0 Å². The van der Waals surface area contributed by atoms with Crippen LogP contribution in [0.2, 0.25) is 0 Å². The van der Waals surface area contributed by atoms with E-state index < -0.39 is 6.04 Å². The molecule has 0 aliphatic carbocycles. The minimum absolute atomic E-state index is 0.0684. The fourth-order valence-corrected chi connectivity index (χ4v) is 3.54. The third kappa shape index (κ3) is 5.88. The average molecular weight is 335 g/mol. The second-order valence-corrected chi connectivity index (χ2v) is 7.12. The Hall–Kier alpha value is -1.53. The van der Waals surface area contributed by atoms with Crippen molar-refractivity contribution in [2.45, 2.75) is 24.9 Å². The van der Waals surface area contributed by atoms with E-state index in [1.807, 2.05) is 42.1 Å². The lowest BCUT2D eigenvalue weighted by Crippen LogP contribution is -2.49. The smallest absolute Gasteiger partial charge is 0.244 e. The van der Waals surface area contributed by atoms with E-state index in [0.717, 1.165) is 23.6 Å². The van der Waals surface area contributed by atoms with Crippen LogP contribution in [0, 0.1) is 0 Å². The summed E-state index contributed by atoms with van der Waals surface area (Å²) in [4.78, 5) is 26.2. The van der Waals surface area contributed by atoms with Gasteiger partial charge in [0.15, 0.2) is 0 Å². The van der Waals surface area contributed by atoms with Crippen molar-refractivity contribution in [3.8, 4) is 0 Å². The quantitative estimate of drug-likeness (QED) is 0.811. The van der Waals surface area contributed by atoms with Gasteiger partial charge in [0.1, 0.15) is 6.04 Å². The topological polar surface area (TPSA) is 61.4 Å². The van der Waals surface area contributed by atoms with Crippen molar-refractivity contribution in [2.24, 2.45) is 0 Å². The minimum Gasteiger partial charge on any atom is -0.347 e. The molecular formula is C17H25N3O2S. The van der Waals surface area contributed by atoms with Gasteiger partial charge in [0.2, 0.25) is 11.8 Å². The highest BCUT2D eigenvalue weighted by molar-refractivity contribution is 7.99. The molecule has 23 heavy (non-hydrogen) atoms. The monoisotopic (exact) mass is 335 g/mol. The van der Waals surface area contributed by atoms with Crippen LogP contribution in [0.25, 0.3) is 0 Å². The number of hydrogen-bond donors (Lipinski definition) is 2. The Morgan fingerprint density at radius 1 is 1.35 bits per heavy atom. The fourth-order valence-electron chi connectivity index (χ4n) is 2.59. The van der Waals surface area contributed by atoms with E-state index in [1.54, 1.807) is 14.1 Å². The molecule has 1 heterocycles. The highest BCUT2D eigenvalue weighted by atomic mass is 32.2. The van der Waals surface area contributed by atoms with E-state index in [2.05, 4.69) is 10.6 Å². The lowest BCUT2D eigenvalue weighted by molar-refractivity contribution is -0.134. The van der Waals surface area contributed by atoms with Gasteiger partial charge in [0, 0.05) is 51.0 Å². The number of rotatable bonds is 6. The number of benzene rings is 1. The molecule has 126 valence electrons. The van der Waals surface area contributed by atoms with Crippen molar-refractivity contribution in [2.75, 3.05) is 32.1 Å². The molecular weight excluding hydrogens is 310 g/mol. The van der Waals surface area contributed by atoms with Crippen LogP contribution in [-0.4, -0.2) is 60.9 Å². The molecule has 0 radical (unpaired) electrons. The zero-order chi connectivity index (χ0) is 16.7. The van der Waals surface area contributed by atoms with Crippen molar-refractivity contribution in [1.29, 1.82) is 0 Å². The SMILES string of the molecule is CN(C)C(=O)C(Cc1ccccc1)NC(=O)CC1CSCCN1. The Morgan fingerprint density at radius 2 is 2.09 bits per heavy atom. The molecule has 2 unspecified atom stereocenters. The van der Waals surface area contributed by atoms with Crippen LogP contribution in [-0.2, 0) is 16.0 Å². The summed E-state index contributed by atoms with van der Waals surface area (Å²) >= 11 is 1.86. The maximum atomic E-state index is 12.4. The molecule has 1 aromatic rings. The van der Waals surface area contributed by atoms with E-state index in [9.17, 15) is 9.59 Å². The lowest BCUT2D eigenvalue weighted by Gasteiger charge is -2.25. The molecule has 1 aliphatic rings. The number of nitrogens with one attached hydrogen (secondary N) is 2. The Kier molecular flexibility index (Phi) is 6.92. The number of nitrogens with zero attached hydrogens (tertiary/aromatic N) is 1. The highest BCUT2D eigenvalue weighted by Gasteiger charge is 2.24. The molecule has 6 heteroatoms. The van der Waals surface area contributed by atoms with Gasteiger partial charge in [-0.2, -0.15) is 11.8 Å². The van der Waals surface area contributed by atoms with Gasteiger partial charge in [-0.1, -0.05) is 30.3 Å². The maximum Gasteiger partial charge on any atom is 0.244 e. The molecule has 2 amide bonds. The summed E-state index contributed by atoms with van der Waals surface area (Å²) in [7, 11) is 3.43. The van der Waals surface area contributed by atoms with E-state index in [1.165, 1.54) is 4.90 Å². The largest absolute Gasteiger partial charge is 0.347 e. The number of amides is 2. The van der Waals surface area contributed by atoms with Gasteiger partial charge >= 0.3 is 0 Å². The molecule has 0 saturated carbocycles. The number of carbonyl (C=O) groups excluding carboxylic acids is 2. The first kappa shape index (κ1) is 17.8. The van der Waals surface area contributed by atoms with Crippen molar-refractivity contribution >= 4 is 23.6 Å². The number of thioether (sulfide) groups is 1. The molecule has 0 aromatic heterocycles. The predicted molar refractivity (Wildman–Crippen MR) is 94.5 cm³/mol. The summed E-state index contributed by atoms with van der Waals surface area (Å²) in [5.74, 6) is 1.89. The standard InChI is InChI=1S/C17H25N3O2S/c1-20(2)17(22)15(10-13-6-4-3-5-7-13)19-16(21)11-14-12-23-9-8-18-14/h3-7,14-15,18H,8-12H2,1-2H3,(H,19,21). The maximum absolute atomic E-state index is 12.4. The van der Waals surface area contributed by atoms with Gasteiger partial charge in [0.25, 0.3) is 0 Å². The summed E-state index contributed by atoms with van der Waals surface area (Å²) in [5, 5.41) is 6.26. The van der Waals surface area contributed by atoms with Gasteiger partial charge in [-0.15, -0.1) is 0 Å². The first-order chi connectivity index (χ1) is 11.1. The summed E-state index contributed by atoms with van der Waals surface area (Å²) in [6.07, 6.45) is 0.926. The second-order valence-electron chi connectivity index (χ2n) is 5.97. The van der Waals surface area contributed by atoms with Crippen LogP contribution >= 0.6 is 11.8 Å². The summed E-state index contributed by atoms with van der Waals surface area (Å²) < 4.78 is 0. The normalized spacial score (nSPS) is 19.0. The fraction of sp³-hybridized carbons (Fsp3) is 0.529. The van der Waals surface area contributed by atoms with Crippen molar-refractivity contribution in [1.82, 2.24) is 15.5 Å². The van der Waals surface area contributed by atoms with E-state index in [-0.39, 0.29) is 17.9 Å². The van der Waals surface area contributed by atoms with Crippen LogP contribution < -0.4 is 10.6 Å². The van der Waals surface area contributed by atoms with Gasteiger partial charge in [-0.25, -0.2) is 0 Å². The predicted octanol–water partition coefficient (Wildman–Crippen LogP) is 0.897. The minimum atomic E-state index is -0.517. The molecule has 1 aromatic carbocycles. The molecule has 1 saturated heterocycles. The van der Waals surface area contributed by atoms with E-state index >= 15 is 0 Å². The van der Waals surface area contributed by atoms with Crippen LogP contribution in [0.1, 0.15) is 12.0 Å². The molecule has 1 aliphatic heterocycles.